The molecule has 0 aliphatic carbocycles. The van der Waals surface area contributed by atoms with Gasteiger partial charge in [-0.3, -0.25) is 4.99 Å². The van der Waals surface area contributed by atoms with E-state index in [0.29, 0.717) is 12.2 Å². The van der Waals surface area contributed by atoms with Crippen LogP contribution in [0.1, 0.15) is 18.4 Å². The number of rotatable bonds is 4. The van der Waals surface area contributed by atoms with Gasteiger partial charge in [-0.2, -0.15) is 0 Å². The fraction of sp³-hybridized carbons (Fsp3) is 0.444. The van der Waals surface area contributed by atoms with Crippen LogP contribution in [0.2, 0.25) is 0 Å². The van der Waals surface area contributed by atoms with Crippen LogP contribution in [0, 0.1) is 5.82 Å². The minimum atomic E-state index is -0.171. The van der Waals surface area contributed by atoms with Gasteiger partial charge in [-0.05, 0) is 18.6 Å². The topological polar surface area (TPSA) is 56.9 Å². The van der Waals surface area contributed by atoms with Crippen LogP contribution in [0.4, 0.5) is 10.1 Å². The molecule has 7 heteroatoms. The summed E-state index contributed by atoms with van der Waals surface area (Å²) in [4.78, 5) is 8.59. The van der Waals surface area contributed by atoms with E-state index in [1.165, 1.54) is 6.07 Å². The molecule has 1 fully saturated rings. The van der Waals surface area contributed by atoms with E-state index in [1.807, 2.05) is 25.1 Å². The summed E-state index contributed by atoms with van der Waals surface area (Å²) < 4.78 is 19.2. The zero-order chi connectivity index (χ0) is 17.6. The van der Waals surface area contributed by atoms with E-state index in [0.717, 1.165) is 50.0 Å². The maximum atomic E-state index is 13.9. The van der Waals surface area contributed by atoms with E-state index in [4.69, 9.17) is 4.52 Å². The first-order valence-corrected chi connectivity index (χ1v) is 8.60. The maximum Gasteiger partial charge on any atom is 0.194 e. The van der Waals surface area contributed by atoms with Crippen molar-refractivity contribution in [2.75, 3.05) is 38.1 Å². The number of hydrogen-bond acceptors (Lipinski definition) is 4. The van der Waals surface area contributed by atoms with Gasteiger partial charge in [0.15, 0.2) is 11.7 Å². The summed E-state index contributed by atoms with van der Waals surface area (Å²) >= 11 is 0. The summed E-state index contributed by atoms with van der Waals surface area (Å²) in [5.74, 6) is 1.45. The number of anilines is 1. The molecule has 2 heterocycles. The molecule has 0 bridgehead atoms. The Kier molecular flexibility index (Phi) is 5.53. The average Bonchev–Trinajstić information content (AvgIpc) is 3.11. The van der Waals surface area contributed by atoms with Gasteiger partial charge < -0.3 is 19.6 Å². The third-order valence-corrected chi connectivity index (χ3v) is 4.37. The van der Waals surface area contributed by atoms with Crippen molar-refractivity contribution in [2.24, 2.45) is 4.99 Å². The van der Waals surface area contributed by atoms with E-state index in [2.05, 4.69) is 25.3 Å². The molecule has 1 aromatic carbocycles. The van der Waals surface area contributed by atoms with Crippen molar-refractivity contribution in [2.45, 2.75) is 19.9 Å². The second-order valence-corrected chi connectivity index (χ2v) is 5.96. The summed E-state index contributed by atoms with van der Waals surface area (Å²) in [6.07, 6.45) is 0.857. The molecule has 6 nitrogen and oxygen atoms in total. The number of hydrogen-bond donors (Lipinski definition) is 1. The van der Waals surface area contributed by atoms with Crippen molar-refractivity contribution < 1.29 is 8.91 Å². The Balaban J connectivity index is 1.54. The van der Waals surface area contributed by atoms with E-state index >= 15 is 0 Å². The number of piperazine rings is 1. The molecule has 25 heavy (non-hydrogen) atoms. The van der Waals surface area contributed by atoms with Crippen LogP contribution < -0.4 is 10.2 Å². The molecule has 0 atom stereocenters. The molecule has 134 valence electrons. The average molecular weight is 345 g/mol. The predicted molar refractivity (Wildman–Crippen MR) is 96.3 cm³/mol. The first kappa shape index (κ1) is 17.3. The molecule has 3 rings (SSSR count). The summed E-state index contributed by atoms with van der Waals surface area (Å²) in [6.45, 7) is 5.67. The van der Waals surface area contributed by atoms with Crippen LogP contribution in [-0.2, 0) is 13.0 Å². The Morgan fingerprint density at radius 3 is 2.68 bits per heavy atom. The smallest absolute Gasteiger partial charge is 0.194 e. The molecule has 0 amide bonds. The van der Waals surface area contributed by atoms with E-state index in [-0.39, 0.29) is 5.82 Å². The summed E-state index contributed by atoms with van der Waals surface area (Å²) in [6, 6.07) is 8.87. The minimum Gasteiger partial charge on any atom is -0.366 e. The van der Waals surface area contributed by atoms with Crippen LogP contribution in [0.25, 0.3) is 0 Å². The molecular weight excluding hydrogens is 321 g/mol. The number of aryl methyl sites for hydroxylation is 1. The second kappa shape index (κ2) is 8.00. The SMILES string of the molecule is CCc1cc(CNC(=NC)N2CCN(c3ccccc3F)CC2)on1. The Hall–Kier alpha value is -2.57. The zero-order valence-electron chi connectivity index (χ0n) is 14.7. The zero-order valence-corrected chi connectivity index (χ0v) is 14.7. The van der Waals surface area contributed by atoms with E-state index in [9.17, 15) is 4.39 Å². The molecular formula is C18H24FN5O. The van der Waals surface area contributed by atoms with Gasteiger partial charge in [0.1, 0.15) is 5.82 Å². The summed E-state index contributed by atoms with van der Waals surface area (Å²) in [7, 11) is 1.77. The van der Waals surface area contributed by atoms with Crippen LogP contribution in [0.5, 0.6) is 0 Å². The van der Waals surface area contributed by atoms with Crippen molar-refractivity contribution >= 4 is 11.6 Å². The number of nitrogens with zero attached hydrogens (tertiary/aromatic N) is 4. The normalized spacial score (nSPS) is 15.6. The highest BCUT2D eigenvalue weighted by Crippen LogP contribution is 2.20. The maximum absolute atomic E-state index is 13.9. The summed E-state index contributed by atoms with van der Waals surface area (Å²) in [5.41, 5.74) is 1.61. The first-order valence-electron chi connectivity index (χ1n) is 8.60. The standard InChI is InChI=1S/C18H24FN5O/c1-3-14-12-15(25-22-14)13-21-18(20-2)24-10-8-23(9-11-24)17-7-5-4-6-16(17)19/h4-7,12H,3,8-11,13H2,1-2H3,(H,20,21). The first-order chi connectivity index (χ1) is 12.2. The Bertz CT molecular complexity index is 722. The monoisotopic (exact) mass is 345 g/mol. The third kappa shape index (κ3) is 4.10. The Labute approximate surface area is 147 Å². The van der Waals surface area contributed by atoms with Gasteiger partial charge in [-0.25, -0.2) is 4.39 Å². The van der Waals surface area contributed by atoms with E-state index < -0.39 is 0 Å². The lowest BCUT2D eigenvalue weighted by Crippen LogP contribution is -2.52. The van der Waals surface area contributed by atoms with Crippen molar-refractivity contribution in [1.29, 1.82) is 0 Å². The second-order valence-electron chi connectivity index (χ2n) is 5.96. The van der Waals surface area contributed by atoms with Gasteiger partial charge in [0.05, 0.1) is 17.9 Å². The predicted octanol–water partition coefficient (Wildman–Crippen LogP) is 2.27. The lowest BCUT2D eigenvalue weighted by atomic mass is 10.2. The van der Waals surface area contributed by atoms with Gasteiger partial charge in [-0.1, -0.05) is 24.2 Å². The highest BCUT2D eigenvalue weighted by atomic mass is 19.1. The van der Waals surface area contributed by atoms with Crippen LogP contribution in [0.3, 0.4) is 0 Å². The quantitative estimate of drug-likeness (QED) is 0.680. The molecule has 0 saturated carbocycles. The van der Waals surface area contributed by atoms with Gasteiger partial charge in [-0.15, -0.1) is 0 Å². The van der Waals surface area contributed by atoms with Gasteiger partial charge in [0, 0.05) is 39.3 Å². The fourth-order valence-corrected chi connectivity index (χ4v) is 2.97. The Morgan fingerprint density at radius 1 is 1.28 bits per heavy atom. The van der Waals surface area contributed by atoms with Gasteiger partial charge in [0.25, 0.3) is 0 Å². The molecule has 2 aromatic rings. The van der Waals surface area contributed by atoms with Gasteiger partial charge in [0.2, 0.25) is 0 Å². The number of aliphatic imine (C=N–C) groups is 1. The molecule has 1 saturated heterocycles. The largest absolute Gasteiger partial charge is 0.366 e. The molecule has 1 aliphatic heterocycles. The van der Waals surface area contributed by atoms with Crippen LogP contribution in [0.15, 0.2) is 39.8 Å². The molecule has 1 N–H and O–H groups in total. The van der Waals surface area contributed by atoms with Crippen molar-refractivity contribution in [3.8, 4) is 0 Å². The number of aromatic nitrogens is 1. The van der Waals surface area contributed by atoms with E-state index in [1.54, 1.807) is 13.1 Å². The summed E-state index contributed by atoms with van der Waals surface area (Å²) in [5, 5.41) is 7.30. The highest BCUT2D eigenvalue weighted by Gasteiger charge is 2.21. The van der Waals surface area contributed by atoms with Crippen molar-refractivity contribution in [1.82, 2.24) is 15.4 Å². The lowest BCUT2D eigenvalue weighted by Gasteiger charge is -2.37. The molecule has 0 spiro atoms. The van der Waals surface area contributed by atoms with Crippen LogP contribution >= 0.6 is 0 Å². The van der Waals surface area contributed by atoms with Crippen LogP contribution in [-0.4, -0.2) is 49.2 Å². The number of nitrogens with one attached hydrogen (secondary N) is 1. The van der Waals surface area contributed by atoms with Crippen molar-refractivity contribution in [3.63, 3.8) is 0 Å². The molecule has 1 aromatic heterocycles. The van der Waals surface area contributed by atoms with Gasteiger partial charge >= 0.3 is 0 Å². The molecule has 0 radical (unpaired) electrons. The lowest BCUT2D eigenvalue weighted by molar-refractivity contribution is 0.355. The highest BCUT2D eigenvalue weighted by molar-refractivity contribution is 5.80. The minimum absolute atomic E-state index is 0.171. The third-order valence-electron chi connectivity index (χ3n) is 4.37. The molecule has 0 unspecified atom stereocenters. The number of guanidine groups is 1. The number of benzene rings is 1. The van der Waals surface area contributed by atoms with Crippen molar-refractivity contribution in [3.05, 3.63) is 47.6 Å². The molecule has 1 aliphatic rings. The Morgan fingerprint density at radius 2 is 2.04 bits per heavy atom. The number of halogens is 1. The number of para-hydroxylation sites is 1. The fourth-order valence-electron chi connectivity index (χ4n) is 2.97.